The molecule has 8 heteroatoms. The van der Waals surface area contributed by atoms with E-state index in [9.17, 15) is 9.90 Å². The highest BCUT2D eigenvalue weighted by atomic mass is 32.1. The van der Waals surface area contributed by atoms with E-state index in [1.165, 1.54) is 0 Å². The van der Waals surface area contributed by atoms with E-state index in [0.717, 1.165) is 65.8 Å². The predicted octanol–water partition coefficient (Wildman–Crippen LogP) is 2.77. The SMILES string of the molecule is Cc1nc2cc(OCC(O)CN3CCN(C4CCN(c5ccccc5)C4=O)CC3)ccc2s1. The van der Waals surface area contributed by atoms with Crippen molar-refractivity contribution in [2.45, 2.75) is 25.5 Å². The van der Waals surface area contributed by atoms with Crippen LogP contribution in [0.5, 0.6) is 5.75 Å². The van der Waals surface area contributed by atoms with Crippen LogP contribution in [0.3, 0.4) is 0 Å². The van der Waals surface area contributed by atoms with Crippen molar-refractivity contribution in [2.75, 3.05) is 50.8 Å². The molecule has 2 aliphatic heterocycles. The second kappa shape index (κ2) is 9.77. The van der Waals surface area contributed by atoms with E-state index in [1.54, 1.807) is 11.3 Å². The zero-order valence-electron chi connectivity index (χ0n) is 18.9. The molecule has 2 saturated heterocycles. The van der Waals surface area contributed by atoms with Crippen LogP contribution in [-0.2, 0) is 4.79 Å². The maximum atomic E-state index is 13.0. The molecule has 1 N–H and O–H groups in total. The maximum absolute atomic E-state index is 13.0. The average Bonchev–Trinajstić information content (AvgIpc) is 3.40. The van der Waals surface area contributed by atoms with Gasteiger partial charge < -0.3 is 14.7 Å². The number of piperazine rings is 1. The Bertz CT molecular complexity index is 1100. The number of carbonyl (C=O) groups excluding carboxylic acids is 1. The standard InChI is InChI=1S/C25H30N4O3S/c1-18-26-22-15-21(7-8-24(22)33-18)32-17-20(30)16-27-11-13-28(14-12-27)23-9-10-29(25(23)31)19-5-3-2-4-6-19/h2-8,15,20,23,30H,9-14,16-17H2,1H3. The summed E-state index contributed by atoms with van der Waals surface area (Å²) in [6, 6.07) is 15.8. The van der Waals surface area contributed by atoms with Gasteiger partial charge in [0.1, 0.15) is 18.5 Å². The first-order valence-electron chi connectivity index (χ1n) is 11.6. The molecule has 2 atom stereocenters. The summed E-state index contributed by atoms with van der Waals surface area (Å²) in [6.07, 6.45) is 0.304. The third-order valence-electron chi connectivity index (χ3n) is 6.47. The third-order valence-corrected chi connectivity index (χ3v) is 7.42. The number of nitrogens with zero attached hydrogens (tertiary/aromatic N) is 4. The fraction of sp³-hybridized carbons (Fsp3) is 0.440. The topological polar surface area (TPSA) is 69.1 Å². The Labute approximate surface area is 198 Å². The lowest BCUT2D eigenvalue weighted by atomic mass is 10.1. The molecular weight excluding hydrogens is 436 g/mol. The summed E-state index contributed by atoms with van der Waals surface area (Å²) in [4.78, 5) is 23.9. The van der Waals surface area contributed by atoms with E-state index in [0.29, 0.717) is 6.54 Å². The number of hydrogen-bond acceptors (Lipinski definition) is 7. The van der Waals surface area contributed by atoms with Crippen molar-refractivity contribution >= 4 is 33.1 Å². The van der Waals surface area contributed by atoms with Crippen molar-refractivity contribution < 1.29 is 14.6 Å². The minimum atomic E-state index is -0.564. The van der Waals surface area contributed by atoms with Gasteiger partial charge in [0.05, 0.1) is 21.3 Å². The predicted molar refractivity (Wildman–Crippen MR) is 131 cm³/mol. The van der Waals surface area contributed by atoms with Crippen LogP contribution in [0.25, 0.3) is 10.2 Å². The molecule has 2 aliphatic rings. The number of hydrogen-bond donors (Lipinski definition) is 1. The molecular formula is C25H30N4O3S. The lowest BCUT2D eigenvalue weighted by Crippen LogP contribution is -2.54. The number of carbonyl (C=O) groups is 1. The first-order chi connectivity index (χ1) is 16.1. The zero-order valence-corrected chi connectivity index (χ0v) is 19.7. The Balaban J connectivity index is 1.07. The average molecular weight is 467 g/mol. The largest absolute Gasteiger partial charge is 0.491 e. The summed E-state index contributed by atoms with van der Waals surface area (Å²) in [5.41, 5.74) is 1.92. The Hall–Kier alpha value is -2.52. The quantitative estimate of drug-likeness (QED) is 0.578. The highest BCUT2D eigenvalue weighted by Gasteiger charge is 2.37. The Morgan fingerprint density at radius 3 is 2.70 bits per heavy atom. The first-order valence-corrected chi connectivity index (χ1v) is 12.4. The van der Waals surface area contributed by atoms with Crippen LogP contribution < -0.4 is 9.64 Å². The Morgan fingerprint density at radius 1 is 1.12 bits per heavy atom. The third kappa shape index (κ3) is 5.04. The lowest BCUT2D eigenvalue weighted by molar-refractivity contribution is -0.122. The van der Waals surface area contributed by atoms with Crippen LogP contribution in [0, 0.1) is 6.92 Å². The monoisotopic (exact) mass is 466 g/mol. The Morgan fingerprint density at radius 2 is 1.91 bits per heavy atom. The van der Waals surface area contributed by atoms with E-state index in [-0.39, 0.29) is 18.6 Å². The van der Waals surface area contributed by atoms with Crippen molar-refractivity contribution in [1.29, 1.82) is 0 Å². The number of β-amino-alcohol motifs (C(OH)–C–C–N with tert-alkyl or cyclic N) is 1. The number of ether oxygens (including phenoxy) is 1. The number of benzene rings is 2. The maximum Gasteiger partial charge on any atom is 0.244 e. The number of aliphatic hydroxyl groups is 1. The van der Waals surface area contributed by atoms with E-state index in [2.05, 4.69) is 14.8 Å². The van der Waals surface area contributed by atoms with Gasteiger partial charge in [-0.3, -0.25) is 14.6 Å². The summed E-state index contributed by atoms with van der Waals surface area (Å²) < 4.78 is 6.97. The van der Waals surface area contributed by atoms with Crippen LogP contribution in [0.2, 0.25) is 0 Å². The second-order valence-electron chi connectivity index (χ2n) is 8.79. The summed E-state index contributed by atoms with van der Waals surface area (Å²) in [6.45, 7) is 6.96. The van der Waals surface area contributed by atoms with Crippen molar-refractivity contribution in [1.82, 2.24) is 14.8 Å². The van der Waals surface area contributed by atoms with Crippen LogP contribution in [0.15, 0.2) is 48.5 Å². The molecule has 3 aromatic rings. The van der Waals surface area contributed by atoms with Gasteiger partial charge in [-0.1, -0.05) is 18.2 Å². The minimum absolute atomic E-state index is 0.0371. The number of anilines is 1. The molecule has 33 heavy (non-hydrogen) atoms. The van der Waals surface area contributed by atoms with Gasteiger partial charge in [0, 0.05) is 51.0 Å². The number of aliphatic hydroxyl groups excluding tert-OH is 1. The fourth-order valence-electron chi connectivity index (χ4n) is 4.78. The number of amides is 1. The van der Waals surface area contributed by atoms with Gasteiger partial charge in [0.25, 0.3) is 0 Å². The van der Waals surface area contributed by atoms with E-state index in [1.807, 2.05) is 60.4 Å². The lowest BCUT2D eigenvalue weighted by Gasteiger charge is -2.37. The molecule has 174 valence electrons. The molecule has 5 rings (SSSR count). The summed E-state index contributed by atoms with van der Waals surface area (Å²) in [5.74, 6) is 0.940. The van der Waals surface area contributed by atoms with E-state index >= 15 is 0 Å². The van der Waals surface area contributed by atoms with Crippen LogP contribution >= 0.6 is 11.3 Å². The van der Waals surface area contributed by atoms with E-state index < -0.39 is 6.10 Å². The summed E-state index contributed by atoms with van der Waals surface area (Å²) in [7, 11) is 0. The van der Waals surface area contributed by atoms with Gasteiger partial charge in [-0.15, -0.1) is 11.3 Å². The van der Waals surface area contributed by atoms with Gasteiger partial charge in [-0.2, -0.15) is 0 Å². The fourth-order valence-corrected chi connectivity index (χ4v) is 5.59. The molecule has 2 fully saturated rings. The van der Waals surface area contributed by atoms with Crippen LogP contribution in [0.1, 0.15) is 11.4 Å². The molecule has 1 aromatic heterocycles. The minimum Gasteiger partial charge on any atom is -0.491 e. The summed E-state index contributed by atoms with van der Waals surface area (Å²) >= 11 is 1.67. The molecule has 0 aliphatic carbocycles. The zero-order chi connectivity index (χ0) is 22.8. The van der Waals surface area contributed by atoms with Gasteiger partial charge in [-0.25, -0.2) is 4.98 Å². The highest BCUT2D eigenvalue weighted by Crippen LogP contribution is 2.26. The molecule has 0 bridgehead atoms. The summed E-state index contributed by atoms with van der Waals surface area (Å²) in [5, 5.41) is 11.5. The molecule has 3 heterocycles. The van der Waals surface area contributed by atoms with Crippen LogP contribution in [-0.4, -0.2) is 83.8 Å². The molecule has 0 radical (unpaired) electrons. The van der Waals surface area contributed by atoms with Crippen LogP contribution in [0.4, 0.5) is 5.69 Å². The Kier molecular flexibility index (Phi) is 6.59. The molecule has 2 unspecified atom stereocenters. The number of aromatic nitrogens is 1. The molecule has 1 amide bonds. The normalized spacial score (nSPS) is 21.1. The van der Waals surface area contributed by atoms with Crippen molar-refractivity contribution in [3.05, 3.63) is 53.5 Å². The number of aryl methyl sites for hydroxylation is 1. The van der Waals surface area contributed by atoms with Crippen molar-refractivity contribution in [2.24, 2.45) is 0 Å². The molecule has 2 aromatic carbocycles. The number of para-hydroxylation sites is 1. The molecule has 0 spiro atoms. The van der Waals surface area contributed by atoms with Gasteiger partial charge in [-0.05, 0) is 37.6 Å². The molecule has 7 nitrogen and oxygen atoms in total. The molecule has 0 saturated carbocycles. The number of rotatable bonds is 7. The van der Waals surface area contributed by atoms with Crippen molar-refractivity contribution in [3.63, 3.8) is 0 Å². The number of thiazole rings is 1. The second-order valence-corrected chi connectivity index (χ2v) is 10.0. The van der Waals surface area contributed by atoms with E-state index in [4.69, 9.17) is 4.74 Å². The van der Waals surface area contributed by atoms with Gasteiger partial charge in [0.2, 0.25) is 5.91 Å². The van der Waals surface area contributed by atoms with Gasteiger partial charge in [0.15, 0.2) is 0 Å². The first kappa shape index (κ1) is 22.3. The van der Waals surface area contributed by atoms with Crippen molar-refractivity contribution in [3.8, 4) is 5.75 Å². The smallest absolute Gasteiger partial charge is 0.244 e. The number of fused-ring (bicyclic) bond motifs is 1. The van der Waals surface area contributed by atoms with Gasteiger partial charge >= 0.3 is 0 Å². The highest BCUT2D eigenvalue weighted by molar-refractivity contribution is 7.18.